The molecule has 1 atom stereocenters. The van der Waals surface area contributed by atoms with Crippen molar-refractivity contribution in [2.45, 2.75) is 79.0 Å². The summed E-state index contributed by atoms with van der Waals surface area (Å²) in [5.74, 6) is 0.765. The molecule has 0 bridgehead atoms. The van der Waals surface area contributed by atoms with Gasteiger partial charge in [0.25, 0.3) is 0 Å². The van der Waals surface area contributed by atoms with Crippen molar-refractivity contribution in [3.8, 4) is 0 Å². The summed E-state index contributed by atoms with van der Waals surface area (Å²) in [5.41, 5.74) is 0.312. The summed E-state index contributed by atoms with van der Waals surface area (Å²) < 4.78 is 23.5. The summed E-state index contributed by atoms with van der Waals surface area (Å²) in [4.78, 5) is 4.41. The lowest BCUT2D eigenvalue weighted by molar-refractivity contribution is 0.346. The van der Waals surface area contributed by atoms with E-state index < -0.39 is 14.6 Å². The van der Waals surface area contributed by atoms with Crippen molar-refractivity contribution in [2.24, 2.45) is 10.4 Å². The molecule has 0 aliphatic rings. The lowest BCUT2D eigenvalue weighted by Crippen LogP contribution is -2.43. The zero-order valence-electron chi connectivity index (χ0n) is 16.3. The highest BCUT2D eigenvalue weighted by atomic mass is 32.2. The molecule has 6 heteroatoms. The fourth-order valence-electron chi connectivity index (χ4n) is 1.86. The predicted molar refractivity (Wildman–Crippen MR) is 101 cm³/mol. The Labute approximate surface area is 143 Å². The van der Waals surface area contributed by atoms with Crippen molar-refractivity contribution in [1.82, 2.24) is 10.6 Å². The lowest BCUT2D eigenvalue weighted by atomic mass is 9.89. The van der Waals surface area contributed by atoms with Gasteiger partial charge in [-0.2, -0.15) is 0 Å². The van der Waals surface area contributed by atoms with Crippen LogP contribution in [0.5, 0.6) is 0 Å². The number of hydrogen-bond donors (Lipinski definition) is 2. The fraction of sp³-hybridized carbons (Fsp3) is 0.941. The van der Waals surface area contributed by atoms with Gasteiger partial charge in [0, 0.05) is 12.6 Å². The zero-order valence-corrected chi connectivity index (χ0v) is 17.1. The first kappa shape index (κ1) is 22.2. The third-order valence-corrected chi connectivity index (χ3v) is 6.20. The van der Waals surface area contributed by atoms with Crippen molar-refractivity contribution in [3.05, 3.63) is 0 Å². The van der Waals surface area contributed by atoms with Crippen molar-refractivity contribution in [1.29, 1.82) is 0 Å². The molecule has 0 heterocycles. The highest BCUT2D eigenvalue weighted by molar-refractivity contribution is 7.92. The number of hydrogen-bond acceptors (Lipinski definition) is 3. The second-order valence-electron chi connectivity index (χ2n) is 8.34. The Balaban J connectivity index is 4.61. The van der Waals surface area contributed by atoms with Gasteiger partial charge >= 0.3 is 0 Å². The molecule has 0 aromatic heterocycles. The highest BCUT2D eigenvalue weighted by Crippen LogP contribution is 2.21. The monoisotopic (exact) mass is 347 g/mol. The van der Waals surface area contributed by atoms with Crippen LogP contribution in [0.1, 0.15) is 68.2 Å². The van der Waals surface area contributed by atoms with E-state index in [-0.39, 0.29) is 12.3 Å². The smallest absolute Gasteiger partial charge is 0.191 e. The lowest BCUT2D eigenvalue weighted by Gasteiger charge is -2.23. The second kappa shape index (κ2) is 8.90. The van der Waals surface area contributed by atoms with Crippen LogP contribution in [0, 0.1) is 5.41 Å². The Morgan fingerprint density at radius 3 is 2.13 bits per heavy atom. The van der Waals surface area contributed by atoms with Gasteiger partial charge in [-0.05, 0) is 52.9 Å². The predicted octanol–water partition coefficient (Wildman–Crippen LogP) is 2.97. The Kier molecular flexibility index (Phi) is 8.60. The molecule has 0 aliphatic carbocycles. The summed E-state index contributed by atoms with van der Waals surface area (Å²) in [5, 5.41) is 6.54. The van der Waals surface area contributed by atoms with Gasteiger partial charge in [-0.15, -0.1) is 0 Å². The van der Waals surface area contributed by atoms with Gasteiger partial charge in [-0.3, -0.25) is 4.99 Å². The summed E-state index contributed by atoms with van der Waals surface area (Å²) in [6.07, 6.45) is 2.17. The van der Waals surface area contributed by atoms with Gasteiger partial charge in [0.1, 0.15) is 0 Å². The third kappa shape index (κ3) is 9.84. The minimum absolute atomic E-state index is 0.0729. The topological polar surface area (TPSA) is 70.6 Å². The second-order valence-corrected chi connectivity index (χ2v) is 11.2. The van der Waals surface area contributed by atoms with Crippen LogP contribution in [0.2, 0.25) is 0 Å². The van der Waals surface area contributed by atoms with Crippen LogP contribution in [0.3, 0.4) is 0 Å². The minimum atomic E-state index is -3.13. The van der Waals surface area contributed by atoms with Crippen LogP contribution < -0.4 is 10.6 Å². The van der Waals surface area contributed by atoms with Gasteiger partial charge in [0.2, 0.25) is 0 Å². The van der Waals surface area contributed by atoms with Gasteiger partial charge in [-0.1, -0.05) is 20.8 Å². The highest BCUT2D eigenvalue weighted by Gasteiger charge is 2.28. The number of rotatable bonds is 7. The normalized spacial score (nSPS) is 15.4. The van der Waals surface area contributed by atoms with Crippen molar-refractivity contribution >= 4 is 15.8 Å². The molecule has 5 nitrogen and oxygen atoms in total. The molecule has 0 spiro atoms. The van der Waals surface area contributed by atoms with E-state index >= 15 is 0 Å². The van der Waals surface area contributed by atoms with Crippen LogP contribution >= 0.6 is 0 Å². The van der Waals surface area contributed by atoms with E-state index in [1.165, 1.54) is 0 Å². The van der Waals surface area contributed by atoms with Crippen molar-refractivity contribution in [3.63, 3.8) is 0 Å². The number of sulfone groups is 1. The van der Waals surface area contributed by atoms with E-state index in [0.717, 1.165) is 19.4 Å². The minimum Gasteiger partial charge on any atom is -0.357 e. The number of guanidine groups is 1. The first-order valence-electron chi connectivity index (χ1n) is 8.55. The van der Waals surface area contributed by atoms with Gasteiger partial charge in [0.15, 0.2) is 15.8 Å². The van der Waals surface area contributed by atoms with E-state index in [2.05, 4.69) is 43.3 Å². The summed E-state index contributed by atoms with van der Waals surface area (Å²) in [6.45, 7) is 17.0. The molecule has 0 rings (SSSR count). The Morgan fingerprint density at radius 1 is 1.13 bits per heavy atom. The van der Waals surface area contributed by atoms with Crippen LogP contribution in [-0.2, 0) is 9.84 Å². The number of nitrogens with zero attached hydrogens (tertiary/aromatic N) is 1. The first-order valence-corrected chi connectivity index (χ1v) is 10.2. The number of nitrogens with one attached hydrogen (secondary N) is 2. The van der Waals surface area contributed by atoms with Crippen LogP contribution in [0.25, 0.3) is 0 Å². The molecule has 0 aromatic rings. The maximum atomic E-state index is 12.1. The van der Waals surface area contributed by atoms with E-state index in [4.69, 9.17) is 0 Å². The van der Waals surface area contributed by atoms with Gasteiger partial charge in [-0.25, -0.2) is 8.42 Å². The quantitative estimate of drug-likeness (QED) is 0.549. The van der Waals surface area contributed by atoms with Crippen molar-refractivity contribution < 1.29 is 8.42 Å². The molecule has 0 amide bonds. The first-order chi connectivity index (χ1) is 10.3. The maximum absolute atomic E-state index is 12.1. The average molecular weight is 348 g/mol. The Morgan fingerprint density at radius 2 is 1.70 bits per heavy atom. The molecule has 0 fully saturated rings. The fourth-order valence-corrected chi connectivity index (χ4v) is 2.80. The van der Waals surface area contributed by atoms with E-state index in [1.54, 1.807) is 20.8 Å². The molecular weight excluding hydrogens is 310 g/mol. The van der Waals surface area contributed by atoms with Gasteiger partial charge < -0.3 is 10.6 Å². The standard InChI is InChI=1S/C17H37N3O2S/c1-9-18-15(20-14(2)10-11-16(3,4)5)19-12-13-23(21,22)17(6,7)8/h14H,9-13H2,1-8H3,(H2,18,19,20). The summed E-state index contributed by atoms with van der Waals surface area (Å²) in [7, 11) is -3.13. The van der Waals surface area contributed by atoms with Crippen molar-refractivity contribution in [2.75, 3.05) is 18.8 Å². The molecular formula is C17H37N3O2S. The zero-order chi connectivity index (χ0) is 18.3. The molecule has 0 saturated heterocycles. The van der Waals surface area contributed by atoms with Crippen LogP contribution in [0.4, 0.5) is 0 Å². The maximum Gasteiger partial charge on any atom is 0.191 e. The average Bonchev–Trinajstić information content (AvgIpc) is 2.34. The number of aliphatic imine (C=N–C) groups is 1. The molecule has 23 heavy (non-hydrogen) atoms. The SMILES string of the molecule is CCNC(=NCCS(=O)(=O)C(C)(C)C)NC(C)CCC(C)(C)C. The van der Waals surface area contributed by atoms with E-state index in [9.17, 15) is 8.42 Å². The third-order valence-electron chi connectivity index (χ3n) is 3.62. The van der Waals surface area contributed by atoms with Crippen LogP contribution in [0.15, 0.2) is 4.99 Å². The Bertz CT molecular complexity index is 471. The van der Waals surface area contributed by atoms with E-state index in [1.807, 2.05) is 6.92 Å². The molecule has 0 saturated carbocycles. The molecule has 0 aliphatic heterocycles. The molecule has 1 unspecified atom stereocenters. The van der Waals surface area contributed by atoms with Gasteiger partial charge in [0.05, 0.1) is 17.0 Å². The Hall–Kier alpha value is -0.780. The molecule has 0 radical (unpaired) electrons. The van der Waals surface area contributed by atoms with E-state index in [0.29, 0.717) is 17.4 Å². The summed E-state index contributed by atoms with van der Waals surface area (Å²) in [6, 6.07) is 0.297. The van der Waals surface area contributed by atoms with Crippen LogP contribution in [-0.4, -0.2) is 44.0 Å². The summed E-state index contributed by atoms with van der Waals surface area (Å²) >= 11 is 0. The largest absolute Gasteiger partial charge is 0.357 e. The molecule has 138 valence electrons. The molecule has 2 N–H and O–H groups in total. The molecule has 0 aromatic carbocycles.